The molecule has 7 nitrogen and oxygen atoms in total. The second-order valence-electron chi connectivity index (χ2n) is 3.22. The van der Waals surface area contributed by atoms with Gasteiger partial charge in [0.25, 0.3) is 0 Å². The van der Waals surface area contributed by atoms with Gasteiger partial charge in [0.05, 0.1) is 19.4 Å². The van der Waals surface area contributed by atoms with Crippen LogP contribution in [-0.2, 0) is 14.3 Å². The van der Waals surface area contributed by atoms with Crippen molar-refractivity contribution in [2.75, 3.05) is 6.61 Å². The van der Waals surface area contributed by atoms with Gasteiger partial charge in [0.1, 0.15) is 0 Å². The minimum atomic E-state index is -1.08. The van der Waals surface area contributed by atoms with E-state index in [0.717, 1.165) is 0 Å². The van der Waals surface area contributed by atoms with Gasteiger partial charge >= 0.3 is 11.9 Å². The van der Waals surface area contributed by atoms with Gasteiger partial charge in [-0.3, -0.25) is 19.7 Å². The molecule has 0 amide bonds. The van der Waals surface area contributed by atoms with Gasteiger partial charge < -0.3 is 9.84 Å². The molecule has 0 radical (unpaired) electrons. The molecule has 0 rings (SSSR count). The number of esters is 1. The lowest BCUT2D eigenvalue weighted by Crippen LogP contribution is -2.22. The quantitative estimate of drug-likeness (QED) is 0.378. The highest BCUT2D eigenvalue weighted by Crippen LogP contribution is 2.09. The minimum Gasteiger partial charge on any atom is -0.481 e. The van der Waals surface area contributed by atoms with Crippen molar-refractivity contribution in [1.29, 1.82) is 0 Å². The molecule has 0 saturated carbocycles. The predicted molar refractivity (Wildman–Crippen MR) is 53.5 cm³/mol. The molecule has 1 unspecified atom stereocenters. The Balaban J connectivity index is 3.99. The number of carboxylic acids is 1. The number of nitrogens with zero attached hydrogens (tertiary/aromatic N) is 1. The first-order chi connectivity index (χ1) is 7.47. The second kappa shape index (κ2) is 7.61. The van der Waals surface area contributed by atoms with Crippen LogP contribution in [0.2, 0.25) is 0 Å². The molecule has 16 heavy (non-hydrogen) atoms. The van der Waals surface area contributed by atoms with Gasteiger partial charge in [-0.05, 0) is 6.92 Å². The number of ether oxygens (including phenoxy) is 1. The lowest BCUT2D eigenvalue weighted by Gasteiger charge is -2.07. The van der Waals surface area contributed by atoms with Crippen LogP contribution in [-0.4, -0.2) is 34.6 Å². The van der Waals surface area contributed by atoms with Gasteiger partial charge in [0.15, 0.2) is 0 Å². The van der Waals surface area contributed by atoms with Gasteiger partial charge in [-0.25, -0.2) is 0 Å². The van der Waals surface area contributed by atoms with Gasteiger partial charge in [-0.15, -0.1) is 0 Å². The van der Waals surface area contributed by atoms with Gasteiger partial charge in [-0.2, -0.15) is 0 Å². The van der Waals surface area contributed by atoms with Gasteiger partial charge in [-0.1, -0.05) is 0 Å². The number of aliphatic carboxylic acids is 1. The van der Waals surface area contributed by atoms with E-state index in [-0.39, 0.29) is 32.3 Å². The van der Waals surface area contributed by atoms with Gasteiger partial charge in [0.2, 0.25) is 6.04 Å². The van der Waals surface area contributed by atoms with E-state index in [2.05, 4.69) is 4.74 Å². The van der Waals surface area contributed by atoms with Crippen LogP contribution in [0.5, 0.6) is 0 Å². The summed E-state index contributed by atoms with van der Waals surface area (Å²) in [7, 11) is 0. The summed E-state index contributed by atoms with van der Waals surface area (Å²) in [6.45, 7) is 1.88. The van der Waals surface area contributed by atoms with Crippen LogP contribution < -0.4 is 0 Å². The molecule has 1 N–H and O–H groups in total. The third-order valence-electron chi connectivity index (χ3n) is 1.98. The van der Waals surface area contributed by atoms with Crippen molar-refractivity contribution in [1.82, 2.24) is 0 Å². The maximum absolute atomic E-state index is 10.9. The first-order valence-corrected chi connectivity index (χ1v) is 4.98. The fourth-order valence-corrected chi connectivity index (χ4v) is 1.16. The third kappa shape index (κ3) is 6.74. The summed E-state index contributed by atoms with van der Waals surface area (Å²) in [4.78, 5) is 31.2. The van der Waals surface area contributed by atoms with Crippen LogP contribution in [0.4, 0.5) is 0 Å². The zero-order valence-corrected chi connectivity index (χ0v) is 9.05. The number of hydrogen-bond acceptors (Lipinski definition) is 5. The largest absolute Gasteiger partial charge is 0.481 e. The zero-order valence-electron chi connectivity index (χ0n) is 9.05. The molecule has 0 aromatic carbocycles. The Hall–Kier alpha value is -1.66. The molecule has 0 aromatic heterocycles. The van der Waals surface area contributed by atoms with Crippen LogP contribution in [0.25, 0.3) is 0 Å². The first-order valence-electron chi connectivity index (χ1n) is 4.98. The molecular formula is C9H15NO6. The summed E-state index contributed by atoms with van der Waals surface area (Å²) in [6, 6.07) is -1.000. The van der Waals surface area contributed by atoms with Crippen LogP contribution >= 0.6 is 0 Å². The van der Waals surface area contributed by atoms with E-state index in [9.17, 15) is 19.7 Å². The van der Waals surface area contributed by atoms with Crippen molar-refractivity contribution in [3.05, 3.63) is 10.1 Å². The molecular weight excluding hydrogens is 218 g/mol. The van der Waals surface area contributed by atoms with Gasteiger partial charge in [0, 0.05) is 17.8 Å². The Morgan fingerprint density at radius 3 is 2.38 bits per heavy atom. The topological polar surface area (TPSA) is 107 Å². The molecule has 0 spiro atoms. The molecule has 0 aliphatic rings. The lowest BCUT2D eigenvalue weighted by molar-refractivity contribution is -0.524. The van der Waals surface area contributed by atoms with Crippen LogP contribution in [0.15, 0.2) is 0 Å². The summed E-state index contributed by atoms with van der Waals surface area (Å²) >= 11 is 0. The number of hydrogen-bond donors (Lipinski definition) is 1. The highest BCUT2D eigenvalue weighted by Gasteiger charge is 2.22. The smallest absolute Gasteiger partial charge is 0.306 e. The molecule has 1 atom stereocenters. The summed E-state index contributed by atoms with van der Waals surface area (Å²) in [6.07, 6.45) is -0.381. The van der Waals surface area contributed by atoms with E-state index in [0.29, 0.717) is 0 Å². The average Bonchev–Trinajstić information content (AvgIpc) is 2.17. The number of rotatable bonds is 8. The van der Waals surface area contributed by atoms with Crippen LogP contribution in [0.3, 0.4) is 0 Å². The van der Waals surface area contributed by atoms with E-state index in [4.69, 9.17) is 5.11 Å². The van der Waals surface area contributed by atoms with Crippen LogP contribution in [0.1, 0.15) is 32.6 Å². The van der Waals surface area contributed by atoms with E-state index < -0.39 is 22.9 Å². The Morgan fingerprint density at radius 1 is 1.38 bits per heavy atom. The molecule has 0 bridgehead atoms. The zero-order chi connectivity index (χ0) is 12.6. The lowest BCUT2D eigenvalue weighted by atomic mass is 10.1. The molecule has 0 aliphatic carbocycles. The Labute approximate surface area is 92.5 Å². The molecule has 0 fully saturated rings. The Morgan fingerprint density at radius 2 is 1.94 bits per heavy atom. The summed E-state index contributed by atoms with van der Waals surface area (Å²) in [5.41, 5.74) is 0. The Bertz CT molecular complexity index is 265. The van der Waals surface area contributed by atoms with E-state index in [1.165, 1.54) is 0 Å². The number of carbonyl (C=O) groups excluding carboxylic acids is 1. The molecule has 0 heterocycles. The monoisotopic (exact) mass is 233 g/mol. The highest BCUT2D eigenvalue weighted by molar-refractivity contribution is 5.69. The normalized spacial score (nSPS) is 11.8. The van der Waals surface area contributed by atoms with Crippen molar-refractivity contribution in [3.63, 3.8) is 0 Å². The van der Waals surface area contributed by atoms with E-state index in [1.807, 2.05) is 0 Å². The SMILES string of the molecule is CCOC(=O)CCC(CCC(=O)O)[N+](=O)[O-]. The molecule has 0 saturated heterocycles. The highest BCUT2D eigenvalue weighted by atomic mass is 16.6. The fourth-order valence-electron chi connectivity index (χ4n) is 1.16. The van der Waals surface area contributed by atoms with Crippen molar-refractivity contribution in [2.24, 2.45) is 0 Å². The van der Waals surface area contributed by atoms with Crippen LogP contribution in [0, 0.1) is 10.1 Å². The molecule has 7 heteroatoms. The standard InChI is InChI=1S/C9H15NO6/c1-2-16-9(13)6-4-7(10(14)15)3-5-8(11)12/h7H,2-6H2,1H3,(H,11,12). The number of carbonyl (C=O) groups is 2. The fraction of sp³-hybridized carbons (Fsp3) is 0.778. The predicted octanol–water partition coefficient (Wildman–Crippen LogP) is 0.840. The maximum atomic E-state index is 10.9. The van der Waals surface area contributed by atoms with E-state index in [1.54, 1.807) is 6.92 Å². The first kappa shape index (κ1) is 14.3. The summed E-state index contributed by atoms with van der Waals surface area (Å²) in [5, 5.41) is 18.9. The van der Waals surface area contributed by atoms with Crippen molar-refractivity contribution < 1.29 is 24.4 Å². The van der Waals surface area contributed by atoms with Crippen molar-refractivity contribution in [3.8, 4) is 0 Å². The number of nitro groups is 1. The number of carboxylic acid groups (broad SMARTS) is 1. The maximum Gasteiger partial charge on any atom is 0.306 e. The summed E-state index contributed by atoms with van der Waals surface area (Å²) < 4.78 is 4.62. The summed E-state index contributed by atoms with van der Waals surface area (Å²) in [5.74, 6) is -1.58. The third-order valence-corrected chi connectivity index (χ3v) is 1.98. The molecule has 92 valence electrons. The average molecular weight is 233 g/mol. The molecule has 0 aliphatic heterocycles. The van der Waals surface area contributed by atoms with E-state index >= 15 is 0 Å². The molecule has 0 aromatic rings. The van der Waals surface area contributed by atoms with Crippen molar-refractivity contribution in [2.45, 2.75) is 38.6 Å². The van der Waals surface area contributed by atoms with Crippen molar-refractivity contribution >= 4 is 11.9 Å². The second-order valence-corrected chi connectivity index (χ2v) is 3.22. The Kier molecular flexibility index (Phi) is 6.82. The minimum absolute atomic E-state index is 0.0130.